The molecule has 0 aliphatic rings. The normalized spacial score (nSPS) is 12.3. The highest BCUT2D eigenvalue weighted by Crippen LogP contribution is 2.29. The summed E-state index contributed by atoms with van der Waals surface area (Å²) in [6.45, 7) is 3.07. The van der Waals surface area contributed by atoms with Gasteiger partial charge in [-0.15, -0.1) is 0 Å². The lowest BCUT2D eigenvalue weighted by atomic mass is 10.2. The van der Waals surface area contributed by atoms with Gasteiger partial charge in [-0.25, -0.2) is 9.50 Å². The number of H-pyrrole nitrogens is 1. The van der Waals surface area contributed by atoms with E-state index < -0.39 is 23.0 Å². The molecule has 0 aromatic carbocycles. The summed E-state index contributed by atoms with van der Waals surface area (Å²) in [5.74, 6) is 0. The van der Waals surface area contributed by atoms with Crippen molar-refractivity contribution >= 4 is 5.65 Å². The Kier molecular flexibility index (Phi) is 2.92. The van der Waals surface area contributed by atoms with Crippen LogP contribution in [0, 0.1) is 6.92 Å². The lowest BCUT2D eigenvalue weighted by molar-refractivity contribution is -0.141. The van der Waals surface area contributed by atoms with Crippen molar-refractivity contribution in [3.8, 4) is 0 Å². The second-order valence-corrected chi connectivity index (χ2v) is 4.11. The smallest absolute Gasteiger partial charge is 0.294 e. The minimum Gasteiger partial charge on any atom is -0.294 e. The van der Waals surface area contributed by atoms with Crippen LogP contribution in [0.15, 0.2) is 10.9 Å². The molecule has 0 saturated carbocycles. The monoisotopic (exact) mass is 259 g/mol. The van der Waals surface area contributed by atoms with Crippen molar-refractivity contribution in [1.29, 1.82) is 0 Å². The standard InChI is InChI=1S/C11H12F3N3O/c1-3-4-7-5-8-15-9(11(12,13)14)6(2)10(18)17(8)16-7/h5,16H,3-4H2,1-2H3. The fourth-order valence-electron chi connectivity index (χ4n) is 1.83. The molecule has 0 aliphatic carbocycles. The van der Waals surface area contributed by atoms with E-state index in [1.807, 2.05) is 6.92 Å². The zero-order valence-electron chi connectivity index (χ0n) is 9.93. The molecule has 0 bridgehead atoms. The first-order valence-electron chi connectivity index (χ1n) is 5.53. The largest absolute Gasteiger partial charge is 0.433 e. The van der Waals surface area contributed by atoms with Gasteiger partial charge >= 0.3 is 6.18 Å². The summed E-state index contributed by atoms with van der Waals surface area (Å²) in [7, 11) is 0. The van der Waals surface area contributed by atoms with E-state index in [2.05, 4.69) is 10.1 Å². The Morgan fingerprint density at radius 3 is 2.67 bits per heavy atom. The van der Waals surface area contributed by atoms with Gasteiger partial charge in [0.1, 0.15) is 0 Å². The van der Waals surface area contributed by atoms with E-state index in [-0.39, 0.29) is 5.65 Å². The Bertz CT molecular complexity index is 639. The fourth-order valence-corrected chi connectivity index (χ4v) is 1.83. The average Bonchev–Trinajstić information content (AvgIpc) is 2.65. The topological polar surface area (TPSA) is 50.2 Å². The predicted octanol–water partition coefficient (Wildman–Crippen LogP) is 2.30. The van der Waals surface area contributed by atoms with Gasteiger partial charge in [0.05, 0.1) is 0 Å². The SMILES string of the molecule is CCCc1cc2nc(C(F)(F)F)c(C)c(=O)n2[nH]1. The number of nitrogens with one attached hydrogen (secondary N) is 1. The highest BCUT2D eigenvalue weighted by molar-refractivity contribution is 5.42. The molecule has 7 heteroatoms. The number of alkyl halides is 3. The third kappa shape index (κ3) is 2.00. The Hall–Kier alpha value is -1.79. The molecule has 18 heavy (non-hydrogen) atoms. The first kappa shape index (κ1) is 12.7. The van der Waals surface area contributed by atoms with Gasteiger partial charge in [-0.2, -0.15) is 13.2 Å². The first-order chi connectivity index (χ1) is 8.34. The predicted molar refractivity (Wildman–Crippen MR) is 59.5 cm³/mol. The summed E-state index contributed by atoms with van der Waals surface area (Å²) in [6, 6.07) is 1.47. The molecule has 98 valence electrons. The van der Waals surface area contributed by atoms with Crippen LogP contribution in [-0.2, 0) is 12.6 Å². The molecule has 0 fully saturated rings. The number of hydrogen-bond acceptors (Lipinski definition) is 2. The summed E-state index contributed by atoms with van der Waals surface area (Å²) in [4.78, 5) is 15.3. The third-order valence-corrected chi connectivity index (χ3v) is 2.68. The number of hydrogen-bond donors (Lipinski definition) is 1. The van der Waals surface area contributed by atoms with Crippen LogP contribution in [-0.4, -0.2) is 14.6 Å². The van der Waals surface area contributed by atoms with Crippen LogP contribution >= 0.6 is 0 Å². The van der Waals surface area contributed by atoms with Crippen molar-refractivity contribution < 1.29 is 13.2 Å². The van der Waals surface area contributed by atoms with Crippen LogP contribution < -0.4 is 5.56 Å². The number of rotatable bonds is 2. The van der Waals surface area contributed by atoms with Crippen molar-refractivity contribution in [3.05, 3.63) is 33.4 Å². The molecule has 0 saturated heterocycles. The van der Waals surface area contributed by atoms with Crippen molar-refractivity contribution in [2.45, 2.75) is 32.9 Å². The Morgan fingerprint density at radius 1 is 1.44 bits per heavy atom. The molecule has 0 aliphatic heterocycles. The molecule has 2 heterocycles. The van der Waals surface area contributed by atoms with E-state index in [0.717, 1.165) is 17.9 Å². The molecule has 1 N–H and O–H groups in total. The maximum atomic E-state index is 12.7. The molecule has 0 spiro atoms. The van der Waals surface area contributed by atoms with E-state index in [0.29, 0.717) is 12.1 Å². The van der Waals surface area contributed by atoms with Crippen LogP contribution in [0.25, 0.3) is 5.65 Å². The molecule has 0 unspecified atom stereocenters. The van der Waals surface area contributed by atoms with E-state index in [1.165, 1.54) is 6.07 Å². The van der Waals surface area contributed by atoms with Gasteiger partial charge in [0.2, 0.25) is 0 Å². The Balaban J connectivity index is 2.72. The maximum Gasteiger partial charge on any atom is 0.433 e. The summed E-state index contributed by atoms with van der Waals surface area (Å²) in [6.07, 6.45) is -3.13. The van der Waals surface area contributed by atoms with Crippen molar-refractivity contribution in [3.63, 3.8) is 0 Å². The first-order valence-corrected chi connectivity index (χ1v) is 5.53. The minimum atomic E-state index is -4.61. The molecule has 2 rings (SSSR count). The van der Waals surface area contributed by atoms with E-state index >= 15 is 0 Å². The summed E-state index contributed by atoms with van der Waals surface area (Å²) >= 11 is 0. The maximum absolute atomic E-state index is 12.7. The molecule has 0 amide bonds. The van der Waals surface area contributed by atoms with Crippen LogP contribution in [0.4, 0.5) is 13.2 Å². The van der Waals surface area contributed by atoms with Crippen LogP contribution in [0.2, 0.25) is 0 Å². The van der Waals surface area contributed by atoms with E-state index in [4.69, 9.17) is 0 Å². The van der Waals surface area contributed by atoms with Crippen molar-refractivity contribution in [2.75, 3.05) is 0 Å². The van der Waals surface area contributed by atoms with Crippen molar-refractivity contribution in [2.24, 2.45) is 0 Å². The third-order valence-electron chi connectivity index (χ3n) is 2.68. The van der Waals surface area contributed by atoms with Crippen LogP contribution in [0.3, 0.4) is 0 Å². The molecule has 0 radical (unpaired) electrons. The van der Waals surface area contributed by atoms with Gasteiger partial charge in [0.25, 0.3) is 5.56 Å². The quantitative estimate of drug-likeness (QED) is 0.899. The lowest BCUT2D eigenvalue weighted by Crippen LogP contribution is -2.24. The summed E-state index contributed by atoms with van der Waals surface area (Å²) in [5.41, 5.74) is -1.53. The minimum absolute atomic E-state index is 0.00127. The number of fused-ring (bicyclic) bond motifs is 1. The second kappa shape index (κ2) is 4.15. The molecular weight excluding hydrogens is 247 g/mol. The van der Waals surface area contributed by atoms with E-state index in [1.54, 1.807) is 0 Å². The number of aromatic nitrogens is 3. The zero-order chi connectivity index (χ0) is 13.5. The van der Waals surface area contributed by atoms with Gasteiger partial charge in [0.15, 0.2) is 11.3 Å². The van der Waals surface area contributed by atoms with Gasteiger partial charge in [-0.3, -0.25) is 9.89 Å². The molecule has 4 nitrogen and oxygen atoms in total. The van der Waals surface area contributed by atoms with Gasteiger partial charge in [-0.1, -0.05) is 13.3 Å². The summed E-state index contributed by atoms with van der Waals surface area (Å²) < 4.78 is 39.1. The van der Waals surface area contributed by atoms with Gasteiger partial charge in [0, 0.05) is 17.3 Å². The van der Waals surface area contributed by atoms with Gasteiger partial charge in [-0.05, 0) is 13.3 Å². The Labute approximate surface area is 100 Å². The Morgan fingerprint density at radius 2 is 2.11 bits per heavy atom. The van der Waals surface area contributed by atoms with Crippen molar-refractivity contribution in [1.82, 2.24) is 14.6 Å². The summed E-state index contributed by atoms with van der Waals surface area (Å²) in [5, 5.41) is 2.76. The number of halogens is 3. The average molecular weight is 259 g/mol. The van der Waals surface area contributed by atoms with Gasteiger partial charge < -0.3 is 0 Å². The number of aromatic amines is 1. The lowest BCUT2D eigenvalue weighted by Gasteiger charge is -2.08. The zero-order valence-corrected chi connectivity index (χ0v) is 9.93. The molecule has 2 aromatic heterocycles. The number of nitrogens with zero attached hydrogens (tertiary/aromatic N) is 2. The molecule has 0 atom stereocenters. The molecule has 2 aromatic rings. The van der Waals surface area contributed by atoms with E-state index in [9.17, 15) is 18.0 Å². The van der Waals surface area contributed by atoms with Crippen LogP contribution in [0.5, 0.6) is 0 Å². The second-order valence-electron chi connectivity index (χ2n) is 4.11. The highest BCUT2D eigenvalue weighted by Gasteiger charge is 2.36. The number of aryl methyl sites for hydroxylation is 1. The highest BCUT2D eigenvalue weighted by atomic mass is 19.4. The van der Waals surface area contributed by atoms with Crippen LogP contribution in [0.1, 0.15) is 30.3 Å². The fraction of sp³-hybridized carbons (Fsp3) is 0.455. The molecular formula is C11H12F3N3O.